The first kappa shape index (κ1) is 13.9. The van der Waals surface area contributed by atoms with Gasteiger partial charge in [0, 0.05) is 5.56 Å². The maximum atomic E-state index is 13.5. The van der Waals surface area contributed by atoms with E-state index in [9.17, 15) is 13.6 Å². The van der Waals surface area contributed by atoms with E-state index in [-0.39, 0.29) is 22.9 Å². The zero-order chi connectivity index (χ0) is 14.5. The van der Waals surface area contributed by atoms with Crippen LogP contribution in [0.1, 0.15) is 15.9 Å². The normalized spacial score (nSPS) is 10.8. The van der Waals surface area contributed by atoms with Gasteiger partial charge in [0.1, 0.15) is 5.82 Å². The molecule has 0 N–H and O–H groups in total. The van der Waals surface area contributed by atoms with Crippen molar-refractivity contribution in [2.24, 2.45) is 0 Å². The third-order valence-corrected chi connectivity index (χ3v) is 2.73. The number of rotatable bonds is 4. The lowest BCUT2D eigenvalue weighted by molar-refractivity contribution is 0.104. The number of ketones is 1. The third kappa shape index (κ3) is 3.29. The van der Waals surface area contributed by atoms with Crippen molar-refractivity contribution < 1.29 is 18.3 Å². The van der Waals surface area contributed by atoms with Crippen molar-refractivity contribution in [3.8, 4) is 5.75 Å². The molecule has 0 bridgehead atoms. The Bertz CT molecular complexity index is 646. The monoisotopic (exact) mass is 274 g/mol. The lowest BCUT2D eigenvalue weighted by Crippen LogP contribution is -1.97. The molecule has 0 saturated heterocycles. The van der Waals surface area contributed by atoms with Crippen LogP contribution >= 0.6 is 0 Å². The van der Waals surface area contributed by atoms with Crippen LogP contribution in [-0.2, 0) is 0 Å². The zero-order valence-corrected chi connectivity index (χ0v) is 10.8. The average molecular weight is 274 g/mol. The van der Waals surface area contributed by atoms with Crippen LogP contribution in [-0.4, -0.2) is 12.9 Å². The molecule has 102 valence electrons. The van der Waals surface area contributed by atoms with Crippen LogP contribution in [0.15, 0.2) is 48.5 Å². The molecule has 0 spiro atoms. The molecule has 0 amide bonds. The molecule has 0 aliphatic rings. The Morgan fingerprint density at radius 2 is 1.80 bits per heavy atom. The van der Waals surface area contributed by atoms with E-state index < -0.39 is 5.82 Å². The quantitative estimate of drug-likeness (QED) is 0.625. The van der Waals surface area contributed by atoms with Gasteiger partial charge in [-0.3, -0.25) is 4.79 Å². The van der Waals surface area contributed by atoms with Gasteiger partial charge < -0.3 is 4.74 Å². The number of ether oxygens (including phenoxy) is 1. The van der Waals surface area contributed by atoms with Crippen LogP contribution < -0.4 is 4.74 Å². The summed E-state index contributed by atoms with van der Waals surface area (Å²) in [6, 6.07) is 9.71. The molecule has 20 heavy (non-hydrogen) atoms. The van der Waals surface area contributed by atoms with Crippen molar-refractivity contribution in [3.05, 3.63) is 71.3 Å². The van der Waals surface area contributed by atoms with Gasteiger partial charge in [-0.2, -0.15) is 0 Å². The first-order valence-corrected chi connectivity index (χ1v) is 5.91. The number of methoxy groups -OCH3 is 1. The number of hydrogen-bond donors (Lipinski definition) is 0. The summed E-state index contributed by atoms with van der Waals surface area (Å²) < 4.78 is 31.0. The summed E-state index contributed by atoms with van der Waals surface area (Å²) in [6.45, 7) is 0. The van der Waals surface area contributed by atoms with Gasteiger partial charge >= 0.3 is 0 Å². The van der Waals surface area contributed by atoms with Crippen molar-refractivity contribution in [3.63, 3.8) is 0 Å². The molecule has 0 aliphatic heterocycles. The number of benzene rings is 2. The van der Waals surface area contributed by atoms with Crippen LogP contribution in [0.4, 0.5) is 8.78 Å². The summed E-state index contributed by atoms with van der Waals surface area (Å²) in [6.07, 6.45) is 2.86. The van der Waals surface area contributed by atoms with E-state index in [0.717, 1.165) is 6.07 Å². The summed E-state index contributed by atoms with van der Waals surface area (Å²) in [7, 11) is 1.36. The highest BCUT2D eigenvalue weighted by atomic mass is 19.1. The number of allylic oxidation sites excluding steroid dienone is 1. The molecule has 2 aromatic rings. The first-order valence-electron chi connectivity index (χ1n) is 5.91. The topological polar surface area (TPSA) is 26.3 Å². The van der Waals surface area contributed by atoms with Crippen LogP contribution in [0.25, 0.3) is 6.08 Å². The summed E-state index contributed by atoms with van der Waals surface area (Å²) >= 11 is 0. The van der Waals surface area contributed by atoms with Gasteiger partial charge in [-0.05, 0) is 42.0 Å². The Morgan fingerprint density at radius 1 is 1.10 bits per heavy atom. The predicted octanol–water partition coefficient (Wildman–Crippen LogP) is 3.87. The van der Waals surface area contributed by atoms with Crippen LogP contribution in [0.3, 0.4) is 0 Å². The molecule has 0 saturated carbocycles. The molecular weight excluding hydrogens is 262 g/mol. The fourth-order valence-electron chi connectivity index (χ4n) is 1.66. The fourth-order valence-corrected chi connectivity index (χ4v) is 1.66. The van der Waals surface area contributed by atoms with Gasteiger partial charge in [0.2, 0.25) is 0 Å². The summed E-state index contributed by atoms with van der Waals surface area (Å²) in [5.74, 6) is -1.18. The SMILES string of the molecule is COc1ccc(C(=O)/C=C/c2ccc(F)cc2)cc1F. The Kier molecular flexibility index (Phi) is 4.25. The molecule has 0 fully saturated rings. The third-order valence-electron chi connectivity index (χ3n) is 2.73. The van der Waals surface area contributed by atoms with E-state index in [0.29, 0.717) is 5.56 Å². The Hall–Kier alpha value is -2.49. The van der Waals surface area contributed by atoms with E-state index in [1.807, 2.05) is 0 Å². The fraction of sp³-hybridized carbons (Fsp3) is 0.0625. The first-order chi connectivity index (χ1) is 9.60. The van der Waals surface area contributed by atoms with Crippen molar-refractivity contribution in [1.82, 2.24) is 0 Å². The average Bonchev–Trinajstić information content (AvgIpc) is 2.46. The maximum Gasteiger partial charge on any atom is 0.185 e. The molecular formula is C16H12F2O2. The second-order valence-corrected chi connectivity index (χ2v) is 4.10. The van der Waals surface area contributed by atoms with Crippen LogP contribution in [0.2, 0.25) is 0 Å². The maximum absolute atomic E-state index is 13.5. The van der Waals surface area contributed by atoms with E-state index in [2.05, 4.69) is 0 Å². The van der Waals surface area contributed by atoms with Gasteiger partial charge in [-0.15, -0.1) is 0 Å². The highest BCUT2D eigenvalue weighted by molar-refractivity contribution is 6.06. The van der Waals surface area contributed by atoms with E-state index in [4.69, 9.17) is 4.74 Å². The highest BCUT2D eigenvalue weighted by Crippen LogP contribution is 2.18. The predicted molar refractivity (Wildman–Crippen MR) is 72.7 cm³/mol. The minimum atomic E-state index is -0.589. The molecule has 2 rings (SSSR count). The molecule has 0 radical (unpaired) electrons. The zero-order valence-electron chi connectivity index (χ0n) is 10.8. The molecule has 4 heteroatoms. The minimum absolute atomic E-state index is 0.0871. The lowest BCUT2D eigenvalue weighted by atomic mass is 10.1. The van der Waals surface area contributed by atoms with Crippen LogP contribution in [0, 0.1) is 11.6 Å². The lowest BCUT2D eigenvalue weighted by Gasteiger charge is -2.02. The summed E-state index contributed by atoms with van der Waals surface area (Å²) in [4.78, 5) is 11.9. The number of halogens is 2. The molecule has 0 heterocycles. The Balaban J connectivity index is 2.15. The largest absolute Gasteiger partial charge is 0.494 e. The Labute approximate surface area is 115 Å². The van der Waals surface area contributed by atoms with E-state index in [1.165, 1.54) is 37.5 Å². The van der Waals surface area contributed by atoms with Gasteiger partial charge in [-0.1, -0.05) is 18.2 Å². The van der Waals surface area contributed by atoms with Gasteiger partial charge in [0.25, 0.3) is 0 Å². The number of carbonyl (C=O) groups excluding carboxylic acids is 1. The van der Waals surface area contributed by atoms with Gasteiger partial charge in [-0.25, -0.2) is 8.78 Å². The smallest absolute Gasteiger partial charge is 0.185 e. The van der Waals surface area contributed by atoms with E-state index in [1.54, 1.807) is 18.2 Å². The summed E-state index contributed by atoms with van der Waals surface area (Å²) in [5.41, 5.74) is 0.912. The van der Waals surface area contributed by atoms with Gasteiger partial charge in [0.05, 0.1) is 7.11 Å². The van der Waals surface area contributed by atoms with Crippen molar-refractivity contribution >= 4 is 11.9 Å². The van der Waals surface area contributed by atoms with Crippen LogP contribution in [0.5, 0.6) is 5.75 Å². The molecule has 2 aromatic carbocycles. The van der Waals surface area contributed by atoms with Crippen molar-refractivity contribution in [2.75, 3.05) is 7.11 Å². The molecule has 0 unspecified atom stereocenters. The van der Waals surface area contributed by atoms with Crippen molar-refractivity contribution in [1.29, 1.82) is 0 Å². The van der Waals surface area contributed by atoms with Crippen molar-refractivity contribution in [2.45, 2.75) is 0 Å². The number of carbonyl (C=O) groups is 1. The Morgan fingerprint density at radius 3 is 2.40 bits per heavy atom. The molecule has 0 atom stereocenters. The summed E-state index contributed by atoms with van der Waals surface area (Å²) in [5, 5.41) is 0. The second-order valence-electron chi connectivity index (χ2n) is 4.10. The molecule has 2 nitrogen and oxygen atoms in total. The highest BCUT2D eigenvalue weighted by Gasteiger charge is 2.07. The second kappa shape index (κ2) is 6.10. The number of hydrogen-bond acceptors (Lipinski definition) is 2. The molecule has 0 aromatic heterocycles. The standard InChI is InChI=1S/C16H12F2O2/c1-20-16-9-5-12(10-14(16)18)15(19)8-4-11-2-6-13(17)7-3-11/h2-10H,1H3/b8-4+. The van der Waals surface area contributed by atoms with E-state index >= 15 is 0 Å². The minimum Gasteiger partial charge on any atom is -0.494 e. The van der Waals surface area contributed by atoms with Gasteiger partial charge in [0.15, 0.2) is 17.3 Å². The molecule has 0 aliphatic carbocycles.